The maximum Gasteiger partial charge on any atom is 0.237 e. The molecular formula is C12H10N4O. The molecule has 0 saturated heterocycles. The molecular weight excluding hydrogens is 216 g/mol. The molecule has 84 valence electrons. The van der Waals surface area contributed by atoms with Crippen molar-refractivity contribution in [2.24, 2.45) is 5.10 Å². The zero-order valence-electron chi connectivity index (χ0n) is 9.48. The maximum atomic E-state index is 11.3. The molecule has 0 aliphatic rings. The number of rotatable bonds is 3. The highest BCUT2D eigenvalue weighted by molar-refractivity contribution is 6.10. The lowest BCUT2D eigenvalue weighted by Gasteiger charge is -2.06. The van der Waals surface area contributed by atoms with E-state index in [0.29, 0.717) is 11.3 Å². The number of ketones is 1. The number of benzene rings is 1. The van der Waals surface area contributed by atoms with Gasteiger partial charge in [-0.05, 0) is 31.5 Å². The van der Waals surface area contributed by atoms with Crippen LogP contribution < -0.4 is 5.43 Å². The molecule has 0 saturated carbocycles. The number of nitriles is 2. The van der Waals surface area contributed by atoms with E-state index in [1.54, 1.807) is 30.3 Å². The van der Waals surface area contributed by atoms with Crippen molar-refractivity contribution >= 4 is 17.2 Å². The van der Waals surface area contributed by atoms with E-state index in [0.717, 1.165) is 5.56 Å². The van der Waals surface area contributed by atoms with E-state index in [9.17, 15) is 4.79 Å². The smallest absolute Gasteiger partial charge is 0.237 e. The number of carbonyl (C=O) groups is 1. The molecule has 0 fully saturated rings. The molecule has 0 aromatic heterocycles. The van der Waals surface area contributed by atoms with Gasteiger partial charge in [0.05, 0.1) is 5.69 Å². The van der Waals surface area contributed by atoms with Crippen LogP contribution in [0.3, 0.4) is 0 Å². The molecule has 0 atom stereocenters. The molecule has 1 aromatic rings. The fraction of sp³-hybridized carbons (Fsp3) is 0.167. The quantitative estimate of drug-likeness (QED) is 0.485. The Hall–Kier alpha value is -2.66. The van der Waals surface area contributed by atoms with Crippen LogP contribution in [-0.4, -0.2) is 11.5 Å². The van der Waals surface area contributed by atoms with E-state index in [2.05, 4.69) is 10.5 Å². The molecule has 1 rings (SSSR count). The maximum absolute atomic E-state index is 11.3. The van der Waals surface area contributed by atoms with Gasteiger partial charge in [0.15, 0.2) is 5.78 Å². The van der Waals surface area contributed by atoms with E-state index in [1.165, 1.54) is 6.92 Å². The van der Waals surface area contributed by atoms with E-state index in [1.807, 2.05) is 6.92 Å². The predicted octanol–water partition coefficient (Wildman–Crippen LogP) is 2.01. The van der Waals surface area contributed by atoms with Crippen LogP contribution in [-0.2, 0) is 0 Å². The topological polar surface area (TPSA) is 89.0 Å². The highest BCUT2D eigenvalue weighted by atomic mass is 16.1. The average Bonchev–Trinajstić information content (AvgIpc) is 2.30. The molecule has 5 heteroatoms. The zero-order valence-corrected chi connectivity index (χ0v) is 9.48. The largest absolute Gasteiger partial charge is 0.294 e. The molecule has 0 unspecified atom stereocenters. The Morgan fingerprint density at radius 3 is 2.53 bits per heavy atom. The SMILES string of the molecule is CC(=O)c1ccc(C)cc1NN=C(C#N)C#N. The molecule has 17 heavy (non-hydrogen) atoms. The van der Waals surface area contributed by atoms with Gasteiger partial charge in [-0.1, -0.05) is 6.07 Å². The summed E-state index contributed by atoms with van der Waals surface area (Å²) in [6.45, 7) is 3.31. The molecule has 5 nitrogen and oxygen atoms in total. The van der Waals surface area contributed by atoms with Gasteiger partial charge < -0.3 is 0 Å². The third kappa shape index (κ3) is 3.15. The first-order chi connectivity index (χ1) is 8.08. The summed E-state index contributed by atoms with van der Waals surface area (Å²) in [7, 11) is 0. The van der Waals surface area contributed by atoms with Crippen molar-refractivity contribution in [3.63, 3.8) is 0 Å². The number of nitrogens with one attached hydrogen (secondary N) is 1. The predicted molar refractivity (Wildman–Crippen MR) is 63.5 cm³/mol. The van der Waals surface area contributed by atoms with Crippen molar-refractivity contribution in [3.8, 4) is 12.1 Å². The van der Waals surface area contributed by atoms with Crippen LogP contribution in [0, 0.1) is 29.6 Å². The number of carbonyl (C=O) groups excluding carboxylic acids is 1. The lowest BCUT2D eigenvalue weighted by molar-refractivity contribution is 0.101. The summed E-state index contributed by atoms with van der Waals surface area (Å²) in [4.78, 5) is 11.3. The second-order valence-electron chi connectivity index (χ2n) is 3.40. The molecule has 0 amide bonds. The number of hydrazone groups is 1. The van der Waals surface area contributed by atoms with Gasteiger partial charge in [-0.15, -0.1) is 0 Å². The Kier molecular flexibility index (Phi) is 3.96. The van der Waals surface area contributed by atoms with E-state index < -0.39 is 0 Å². The highest BCUT2D eigenvalue weighted by Gasteiger charge is 2.06. The van der Waals surface area contributed by atoms with Crippen molar-refractivity contribution < 1.29 is 4.79 Å². The first-order valence-electron chi connectivity index (χ1n) is 4.84. The Labute approximate surface area is 99.0 Å². The van der Waals surface area contributed by atoms with Crippen LogP contribution in [0.1, 0.15) is 22.8 Å². The standard InChI is InChI=1S/C12H10N4O/c1-8-3-4-11(9(2)17)12(5-8)16-15-10(6-13)7-14/h3-5,16H,1-2H3. The van der Waals surface area contributed by atoms with Gasteiger partial charge in [0.25, 0.3) is 0 Å². The lowest BCUT2D eigenvalue weighted by atomic mass is 10.1. The molecule has 0 radical (unpaired) electrons. The average molecular weight is 226 g/mol. The van der Waals surface area contributed by atoms with E-state index in [4.69, 9.17) is 10.5 Å². The number of nitrogens with zero attached hydrogens (tertiary/aromatic N) is 3. The van der Waals surface area contributed by atoms with Crippen molar-refractivity contribution in [1.82, 2.24) is 0 Å². The Balaban J connectivity index is 3.11. The van der Waals surface area contributed by atoms with Crippen LogP contribution in [0.25, 0.3) is 0 Å². The summed E-state index contributed by atoms with van der Waals surface area (Å²) in [5, 5.41) is 20.7. The fourth-order valence-electron chi connectivity index (χ4n) is 1.25. The fourth-order valence-corrected chi connectivity index (χ4v) is 1.25. The highest BCUT2D eigenvalue weighted by Crippen LogP contribution is 2.18. The van der Waals surface area contributed by atoms with Crippen molar-refractivity contribution in [2.45, 2.75) is 13.8 Å². The normalized spacial score (nSPS) is 8.71. The van der Waals surface area contributed by atoms with Crippen LogP contribution in [0.2, 0.25) is 0 Å². The first-order valence-corrected chi connectivity index (χ1v) is 4.84. The van der Waals surface area contributed by atoms with Gasteiger partial charge in [-0.2, -0.15) is 15.6 Å². The van der Waals surface area contributed by atoms with Gasteiger partial charge in [-0.25, -0.2) is 0 Å². The number of hydrogen-bond donors (Lipinski definition) is 1. The van der Waals surface area contributed by atoms with Gasteiger partial charge >= 0.3 is 0 Å². The van der Waals surface area contributed by atoms with Gasteiger partial charge in [-0.3, -0.25) is 10.2 Å². The summed E-state index contributed by atoms with van der Waals surface area (Å²) in [6.07, 6.45) is 0. The van der Waals surface area contributed by atoms with Crippen molar-refractivity contribution in [1.29, 1.82) is 10.5 Å². The third-order valence-corrected chi connectivity index (χ3v) is 2.05. The zero-order chi connectivity index (χ0) is 12.8. The summed E-state index contributed by atoms with van der Waals surface area (Å²) in [5.74, 6) is -0.113. The van der Waals surface area contributed by atoms with Crippen LogP contribution in [0.15, 0.2) is 23.3 Å². The van der Waals surface area contributed by atoms with Gasteiger partial charge in [0, 0.05) is 5.56 Å². The third-order valence-electron chi connectivity index (χ3n) is 2.05. The van der Waals surface area contributed by atoms with Crippen molar-refractivity contribution in [2.75, 3.05) is 5.43 Å². The van der Waals surface area contributed by atoms with Gasteiger partial charge in [0.2, 0.25) is 5.71 Å². The Bertz CT molecular complexity index is 545. The van der Waals surface area contributed by atoms with E-state index >= 15 is 0 Å². The molecule has 0 spiro atoms. The number of anilines is 1. The minimum atomic E-state index is -0.291. The molecule has 1 N–H and O–H groups in total. The Morgan fingerprint density at radius 1 is 1.35 bits per heavy atom. The molecule has 1 aromatic carbocycles. The van der Waals surface area contributed by atoms with Crippen molar-refractivity contribution in [3.05, 3.63) is 29.3 Å². The van der Waals surface area contributed by atoms with Crippen LogP contribution >= 0.6 is 0 Å². The summed E-state index contributed by atoms with van der Waals surface area (Å²) < 4.78 is 0. The number of hydrogen-bond acceptors (Lipinski definition) is 5. The minimum Gasteiger partial charge on any atom is -0.294 e. The summed E-state index contributed by atoms with van der Waals surface area (Å²) in [6, 6.07) is 8.46. The van der Waals surface area contributed by atoms with Crippen LogP contribution in [0.5, 0.6) is 0 Å². The molecule has 0 aliphatic heterocycles. The summed E-state index contributed by atoms with van der Waals surface area (Å²) in [5.41, 5.74) is 4.17. The minimum absolute atomic E-state index is 0.113. The monoisotopic (exact) mass is 226 g/mol. The van der Waals surface area contributed by atoms with E-state index in [-0.39, 0.29) is 11.5 Å². The Morgan fingerprint density at radius 2 is 2.00 bits per heavy atom. The number of Topliss-reactive ketones (excluding diaryl/α,β-unsaturated/α-hetero) is 1. The summed E-state index contributed by atoms with van der Waals surface area (Å²) >= 11 is 0. The van der Waals surface area contributed by atoms with Gasteiger partial charge in [0.1, 0.15) is 12.1 Å². The second kappa shape index (κ2) is 5.43. The number of aryl methyl sites for hydroxylation is 1. The van der Waals surface area contributed by atoms with Crippen LogP contribution in [0.4, 0.5) is 5.69 Å². The second-order valence-corrected chi connectivity index (χ2v) is 3.40. The molecule has 0 heterocycles. The molecule has 0 bridgehead atoms. The lowest BCUT2D eigenvalue weighted by Crippen LogP contribution is -2.02. The molecule has 0 aliphatic carbocycles. The first kappa shape index (κ1) is 12.4.